The zero-order chi connectivity index (χ0) is 19.3. The first-order valence-electron chi connectivity index (χ1n) is 9.64. The Morgan fingerprint density at radius 2 is 1.27 bits per heavy atom. The molecule has 0 saturated heterocycles. The Bertz CT molecular complexity index is 754. The van der Waals surface area contributed by atoms with Crippen LogP contribution in [0.2, 0.25) is 16.6 Å². The summed E-state index contributed by atoms with van der Waals surface area (Å²) < 4.78 is 0. The number of benzene rings is 2. The van der Waals surface area contributed by atoms with Crippen LogP contribution in [0.1, 0.15) is 58.2 Å². The third-order valence-electron chi connectivity index (χ3n) is 5.27. The lowest BCUT2D eigenvalue weighted by Gasteiger charge is -2.42. The van der Waals surface area contributed by atoms with Crippen LogP contribution < -0.4 is 0 Å². The quantitative estimate of drug-likeness (QED) is 0.379. The molecular formula is C24H32SSi. The van der Waals surface area contributed by atoms with Crippen molar-refractivity contribution >= 4 is 18.4 Å². The molecule has 0 aromatic heterocycles. The van der Waals surface area contributed by atoms with E-state index in [1.807, 2.05) is 0 Å². The van der Waals surface area contributed by atoms with Crippen LogP contribution in [0.25, 0.3) is 0 Å². The Morgan fingerprint density at radius 1 is 0.731 bits per heavy atom. The Hall–Kier alpha value is -1.43. The van der Waals surface area contributed by atoms with Gasteiger partial charge in [0, 0.05) is 16.0 Å². The lowest BCUT2D eigenvalue weighted by Crippen LogP contribution is -2.41. The van der Waals surface area contributed by atoms with Crippen molar-refractivity contribution in [2.45, 2.75) is 70.0 Å². The standard InChI is InChI=1S/C24H32SSi/c1-18(2)26(19(3)4,20(5)6)25-24-11-9-8-10-23(24)17-16-22-14-12-21(7)13-15-22/h8-15,18-20H,1-7H3. The lowest BCUT2D eigenvalue weighted by atomic mass is 10.1. The first kappa shape index (κ1) is 20.9. The van der Waals surface area contributed by atoms with Crippen LogP contribution in [0.15, 0.2) is 53.4 Å². The summed E-state index contributed by atoms with van der Waals surface area (Å²) >= 11 is 2.16. The van der Waals surface area contributed by atoms with Gasteiger partial charge in [0.25, 0.3) is 0 Å². The molecule has 0 heterocycles. The van der Waals surface area contributed by atoms with Crippen molar-refractivity contribution in [3.05, 3.63) is 65.2 Å². The van der Waals surface area contributed by atoms with Crippen LogP contribution in [0, 0.1) is 18.8 Å². The van der Waals surface area contributed by atoms with Gasteiger partial charge in [0.15, 0.2) is 0 Å². The Balaban J connectivity index is 2.41. The van der Waals surface area contributed by atoms with E-state index in [4.69, 9.17) is 0 Å². The normalized spacial score (nSPS) is 11.8. The van der Waals surface area contributed by atoms with E-state index >= 15 is 0 Å². The first-order chi connectivity index (χ1) is 12.3. The maximum Gasteiger partial charge on any atom is 0.131 e. The van der Waals surface area contributed by atoms with Crippen LogP contribution >= 0.6 is 11.2 Å². The highest BCUT2D eigenvalue weighted by molar-refractivity contribution is 8.29. The average Bonchev–Trinajstić information content (AvgIpc) is 2.59. The zero-order valence-electron chi connectivity index (χ0n) is 17.3. The van der Waals surface area contributed by atoms with Gasteiger partial charge in [0.2, 0.25) is 0 Å². The minimum atomic E-state index is -1.57. The minimum Gasteiger partial charge on any atom is -0.149 e. The molecule has 2 heteroatoms. The average molecular weight is 381 g/mol. The van der Waals surface area contributed by atoms with Crippen LogP contribution in [0.3, 0.4) is 0 Å². The SMILES string of the molecule is Cc1ccc(C#Cc2ccccc2S[Si](C(C)C)(C(C)C)C(C)C)cc1. The fraction of sp³-hybridized carbons (Fsp3) is 0.417. The van der Waals surface area contributed by atoms with Crippen LogP contribution in [-0.4, -0.2) is 7.22 Å². The fourth-order valence-electron chi connectivity index (χ4n) is 3.98. The molecule has 0 fully saturated rings. The highest BCUT2D eigenvalue weighted by Gasteiger charge is 2.44. The maximum atomic E-state index is 3.44. The monoisotopic (exact) mass is 380 g/mol. The molecule has 0 aliphatic rings. The molecule has 0 bridgehead atoms. The summed E-state index contributed by atoms with van der Waals surface area (Å²) in [7, 11) is -1.57. The van der Waals surface area contributed by atoms with Crippen LogP contribution in [0.4, 0.5) is 0 Å². The summed E-state index contributed by atoms with van der Waals surface area (Å²) in [6.07, 6.45) is 0. The molecule has 0 spiro atoms. The first-order valence-corrected chi connectivity index (χ1v) is 13.4. The van der Waals surface area contributed by atoms with E-state index < -0.39 is 7.22 Å². The minimum absolute atomic E-state index is 0.727. The fourth-order valence-corrected chi connectivity index (χ4v) is 13.2. The highest BCUT2D eigenvalue weighted by Crippen LogP contribution is 2.52. The van der Waals surface area contributed by atoms with E-state index in [1.54, 1.807) is 0 Å². The number of hydrogen-bond acceptors (Lipinski definition) is 1. The molecule has 0 nitrogen and oxygen atoms in total. The summed E-state index contributed by atoms with van der Waals surface area (Å²) in [6.45, 7) is 16.6. The third-order valence-corrected chi connectivity index (χ3v) is 17.6. The van der Waals surface area contributed by atoms with E-state index in [0.717, 1.165) is 27.8 Å². The second-order valence-corrected chi connectivity index (χ2v) is 16.6. The van der Waals surface area contributed by atoms with Gasteiger partial charge in [-0.3, -0.25) is 0 Å². The van der Waals surface area contributed by atoms with E-state index in [0.29, 0.717) is 0 Å². The number of aryl methyl sites for hydroxylation is 1. The molecule has 2 aromatic carbocycles. The van der Waals surface area contributed by atoms with Crippen molar-refractivity contribution in [3.63, 3.8) is 0 Å². The van der Waals surface area contributed by atoms with E-state index in [2.05, 4.69) is 120 Å². The second-order valence-electron chi connectivity index (χ2n) is 8.03. The molecule has 26 heavy (non-hydrogen) atoms. The predicted molar refractivity (Wildman–Crippen MR) is 121 cm³/mol. The number of hydrogen-bond donors (Lipinski definition) is 0. The van der Waals surface area contributed by atoms with Crippen LogP contribution in [0.5, 0.6) is 0 Å². The molecule has 0 radical (unpaired) electrons. The zero-order valence-corrected chi connectivity index (χ0v) is 19.1. The molecule has 0 unspecified atom stereocenters. The predicted octanol–water partition coefficient (Wildman–Crippen LogP) is 7.66. The topological polar surface area (TPSA) is 0 Å². The lowest BCUT2D eigenvalue weighted by molar-refractivity contribution is 0.851. The van der Waals surface area contributed by atoms with E-state index in [-0.39, 0.29) is 0 Å². The van der Waals surface area contributed by atoms with Crippen LogP contribution in [-0.2, 0) is 0 Å². The van der Waals surface area contributed by atoms with Crippen molar-refractivity contribution in [3.8, 4) is 11.8 Å². The molecule has 0 atom stereocenters. The van der Waals surface area contributed by atoms with Gasteiger partial charge in [0.05, 0.1) is 0 Å². The summed E-state index contributed by atoms with van der Waals surface area (Å²) in [5.74, 6) is 6.79. The van der Waals surface area contributed by atoms with Crippen molar-refractivity contribution in [1.29, 1.82) is 0 Å². The second kappa shape index (κ2) is 8.98. The molecule has 0 amide bonds. The molecular weight excluding hydrogens is 348 g/mol. The van der Waals surface area contributed by atoms with Gasteiger partial charge in [-0.05, 0) is 47.8 Å². The van der Waals surface area contributed by atoms with Crippen molar-refractivity contribution in [2.24, 2.45) is 0 Å². The molecule has 2 rings (SSSR count). The largest absolute Gasteiger partial charge is 0.149 e. The molecule has 0 N–H and O–H groups in total. The van der Waals surface area contributed by atoms with Gasteiger partial charge < -0.3 is 0 Å². The van der Waals surface area contributed by atoms with Crippen molar-refractivity contribution < 1.29 is 0 Å². The molecule has 0 aliphatic heterocycles. The Morgan fingerprint density at radius 3 is 1.81 bits per heavy atom. The van der Waals surface area contributed by atoms with Crippen molar-refractivity contribution in [2.75, 3.05) is 0 Å². The van der Waals surface area contributed by atoms with Gasteiger partial charge >= 0.3 is 0 Å². The van der Waals surface area contributed by atoms with Crippen molar-refractivity contribution in [1.82, 2.24) is 0 Å². The Labute approximate surface area is 165 Å². The summed E-state index contributed by atoms with van der Waals surface area (Å²) in [5.41, 5.74) is 5.70. The smallest absolute Gasteiger partial charge is 0.131 e. The van der Waals surface area contributed by atoms with Gasteiger partial charge in [0.1, 0.15) is 7.22 Å². The van der Waals surface area contributed by atoms with E-state index in [9.17, 15) is 0 Å². The van der Waals surface area contributed by atoms with Gasteiger partial charge in [-0.1, -0.05) is 83.2 Å². The third kappa shape index (κ3) is 4.64. The van der Waals surface area contributed by atoms with E-state index in [1.165, 1.54) is 10.5 Å². The van der Waals surface area contributed by atoms with Gasteiger partial charge in [-0.25, -0.2) is 0 Å². The summed E-state index contributed by atoms with van der Waals surface area (Å²) in [6, 6.07) is 17.1. The molecule has 0 saturated carbocycles. The summed E-state index contributed by atoms with van der Waals surface area (Å²) in [5, 5.41) is 0. The Kier molecular flexibility index (Phi) is 7.21. The molecule has 2 aromatic rings. The number of rotatable bonds is 5. The molecule has 138 valence electrons. The summed E-state index contributed by atoms with van der Waals surface area (Å²) in [4.78, 5) is 1.36. The maximum absolute atomic E-state index is 3.44. The van der Waals surface area contributed by atoms with Gasteiger partial charge in [-0.2, -0.15) is 0 Å². The highest BCUT2D eigenvalue weighted by atomic mass is 32.4. The molecule has 0 aliphatic carbocycles. The van der Waals surface area contributed by atoms with Gasteiger partial charge in [-0.15, -0.1) is 11.2 Å².